The molecule has 1 aliphatic rings. The van der Waals surface area contributed by atoms with Gasteiger partial charge >= 0.3 is 6.09 Å². The molecule has 1 aliphatic carbocycles. The lowest BCUT2D eigenvalue weighted by atomic mass is 9.98. The number of amides is 1. The molecule has 1 amide bonds. The van der Waals surface area contributed by atoms with Crippen molar-refractivity contribution in [1.29, 1.82) is 0 Å². The number of aryl methyl sites for hydroxylation is 2. The molecule has 1 aromatic heterocycles. The zero-order valence-corrected chi connectivity index (χ0v) is 16.9. The van der Waals surface area contributed by atoms with E-state index >= 15 is 0 Å². The minimum absolute atomic E-state index is 0.0325. The van der Waals surface area contributed by atoms with Crippen molar-refractivity contribution in [3.05, 3.63) is 76.6 Å². The van der Waals surface area contributed by atoms with Crippen LogP contribution in [0.25, 0.3) is 11.1 Å². The van der Waals surface area contributed by atoms with E-state index < -0.39 is 18.3 Å². The van der Waals surface area contributed by atoms with Gasteiger partial charge in [-0.1, -0.05) is 48.5 Å². The molecule has 0 radical (unpaired) electrons. The molecular weight excluding hydrogens is 382 g/mol. The Morgan fingerprint density at radius 3 is 2.27 bits per heavy atom. The van der Waals surface area contributed by atoms with Crippen molar-refractivity contribution in [2.24, 2.45) is 0 Å². The lowest BCUT2D eigenvalue weighted by molar-refractivity contribution is 0.0178. The zero-order valence-electron chi connectivity index (χ0n) is 16.9. The Balaban J connectivity index is 1.35. The molecule has 4 rings (SSSR count). The van der Waals surface area contributed by atoms with Crippen molar-refractivity contribution in [3.8, 4) is 11.1 Å². The third-order valence-electron chi connectivity index (χ3n) is 5.64. The summed E-state index contributed by atoms with van der Waals surface area (Å²) in [5, 5.41) is 30.0. The van der Waals surface area contributed by atoms with Gasteiger partial charge in [0, 0.05) is 23.7 Å². The molecule has 7 nitrogen and oxygen atoms in total. The summed E-state index contributed by atoms with van der Waals surface area (Å²) < 4.78 is 5.45. The maximum Gasteiger partial charge on any atom is 0.407 e. The van der Waals surface area contributed by atoms with Crippen LogP contribution in [0.2, 0.25) is 0 Å². The number of rotatable bonds is 6. The Kier molecular flexibility index (Phi) is 5.57. The Morgan fingerprint density at radius 1 is 1.10 bits per heavy atom. The second-order valence-corrected chi connectivity index (χ2v) is 7.57. The summed E-state index contributed by atoms with van der Waals surface area (Å²) in [7, 11) is 0. The van der Waals surface area contributed by atoms with Gasteiger partial charge in [0.1, 0.15) is 18.8 Å². The molecule has 7 heteroatoms. The summed E-state index contributed by atoms with van der Waals surface area (Å²) in [6.45, 7) is 3.57. The molecule has 2 unspecified atom stereocenters. The van der Waals surface area contributed by atoms with Crippen LogP contribution in [0.5, 0.6) is 0 Å². The van der Waals surface area contributed by atoms with Gasteiger partial charge in [0.25, 0.3) is 0 Å². The smallest absolute Gasteiger partial charge is 0.407 e. The monoisotopic (exact) mass is 407 g/mol. The van der Waals surface area contributed by atoms with Gasteiger partial charge in [-0.15, -0.1) is 0 Å². The van der Waals surface area contributed by atoms with E-state index in [1.807, 2.05) is 24.3 Å². The van der Waals surface area contributed by atoms with Crippen LogP contribution in [0.15, 0.2) is 48.5 Å². The average Bonchev–Trinajstić information content (AvgIpc) is 3.26. The first-order chi connectivity index (χ1) is 14.5. The van der Waals surface area contributed by atoms with Crippen molar-refractivity contribution in [1.82, 2.24) is 15.5 Å². The molecular formula is C23H25N3O4. The number of hydrogen-bond donors (Lipinski definition) is 4. The number of benzene rings is 2. The van der Waals surface area contributed by atoms with Crippen LogP contribution in [0.1, 0.15) is 40.1 Å². The van der Waals surface area contributed by atoms with Crippen molar-refractivity contribution in [2.75, 3.05) is 13.2 Å². The van der Waals surface area contributed by atoms with E-state index in [2.05, 4.69) is 39.8 Å². The van der Waals surface area contributed by atoms with E-state index in [1.54, 1.807) is 13.8 Å². The molecule has 4 N–H and O–H groups in total. The lowest BCUT2D eigenvalue weighted by Crippen LogP contribution is -2.36. The molecule has 2 atom stereocenters. The largest absolute Gasteiger partial charge is 0.449 e. The summed E-state index contributed by atoms with van der Waals surface area (Å²) in [5.74, 6) is -0.0325. The van der Waals surface area contributed by atoms with Gasteiger partial charge in [-0.25, -0.2) is 4.79 Å². The van der Waals surface area contributed by atoms with E-state index in [1.165, 1.54) is 0 Å². The van der Waals surface area contributed by atoms with Crippen LogP contribution in [0.4, 0.5) is 4.79 Å². The minimum atomic E-state index is -1.18. The number of alkyl carbamates (subject to hydrolysis) is 1. The van der Waals surface area contributed by atoms with Crippen LogP contribution in [-0.2, 0) is 4.74 Å². The summed E-state index contributed by atoms with van der Waals surface area (Å²) >= 11 is 0. The highest BCUT2D eigenvalue weighted by Gasteiger charge is 2.29. The molecule has 3 aromatic rings. The highest BCUT2D eigenvalue weighted by molar-refractivity contribution is 5.79. The third kappa shape index (κ3) is 3.69. The molecule has 0 spiro atoms. The van der Waals surface area contributed by atoms with E-state index in [0.29, 0.717) is 17.0 Å². The van der Waals surface area contributed by atoms with E-state index in [0.717, 1.165) is 22.3 Å². The molecule has 2 aromatic carbocycles. The standard InChI is InChI=1S/C23H25N3O4/c1-13-21(14(2)26-25-13)22(28)20(27)11-24-23(29)30-12-19-17-9-5-3-7-15(17)16-8-4-6-10-18(16)19/h3-10,19-20,22,27-28H,11-12H2,1-2H3,(H,24,29)(H,25,26). The number of fused-ring (bicyclic) bond motifs is 3. The van der Waals surface area contributed by atoms with Gasteiger partial charge in [-0.3, -0.25) is 5.10 Å². The van der Waals surface area contributed by atoms with Crippen LogP contribution in [0, 0.1) is 13.8 Å². The number of nitrogens with one attached hydrogen (secondary N) is 2. The Morgan fingerprint density at radius 2 is 1.70 bits per heavy atom. The van der Waals surface area contributed by atoms with Crippen LogP contribution >= 0.6 is 0 Å². The van der Waals surface area contributed by atoms with Crippen LogP contribution in [0.3, 0.4) is 0 Å². The maximum absolute atomic E-state index is 12.2. The summed E-state index contributed by atoms with van der Waals surface area (Å²) in [4.78, 5) is 12.2. The number of hydrogen-bond acceptors (Lipinski definition) is 5. The topological polar surface area (TPSA) is 107 Å². The van der Waals surface area contributed by atoms with Crippen molar-refractivity contribution >= 4 is 6.09 Å². The second-order valence-electron chi connectivity index (χ2n) is 7.57. The normalized spacial score (nSPS) is 14.7. The van der Waals surface area contributed by atoms with Gasteiger partial charge in [-0.05, 0) is 36.1 Å². The Bertz CT molecular complexity index is 997. The van der Waals surface area contributed by atoms with Gasteiger partial charge in [0.15, 0.2) is 0 Å². The van der Waals surface area contributed by atoms with E-state index in [4.69, 9.17) is 4.74 Å². The van der Waals surface area contributed by atoms with Crippen LogP contribution < -0.4 is 5.32 Å². The maximum atomic E-state index is 12.2. The number of aliphatic hydroxyl groups excluding tert-OH is 2. The molecule has 1 heterocycles. The molecule has 0 aliphatic heterocycles. The highest BCUT2D eigenvalue weighted by atomic mass is 16.5. The van der Waals surface area contributed by atoms with Crippen LogP contribution in [-0.4, -0.2) is 45.8 Å². The molecule has 30 heavy (non-hydrogen) atoms. The fourth-order valence-electron chi connectivity index (χ4n) is 4.14. The van der Waals surface area contributed by atoms with Crippen molar-refractivity contribution in [3.63, 3.8) is 0 Å². The fraction of sp³-hybridized carbons (Fsp3) is 0.304. The highest BCUT2D eigenvalue weighted by Crippen LogP contribution is 2.44. The molecule has 0 saturated carbocycles. The number of ether oxygens (including phenoxy) is 1. The van der Waals surface area contributed by atoms with Crippen molar-refractivity contribution in [2.45, 2.75) is 32.0 Å². The van der Waals surface area contributed by atoms with E-state index in [9.17, 15) is 15.0 Å². The third-order valence-corrected chi connectivity index (χ3v) is 5.64. The number of nitrogens with zero attached hydrogens (tertiary/aromatic N) is 1. The summed E-state index contributed by atoms with van der Waals surface area (Å²) in [6, 6.07) is 16.2. The van der Waals surface area contributed by atoms with Gasteiger partial charge < -0.3 is 20.3 Å². The molecule has 156 valence electrons. The number of aromatic amines is 1. The number of H-pyrrole nitrogens is 1. The molecule has 0 bridgehead atoms. The number of aromatic nitrogens is 2. The Labute approximate surface area is 174 Å². The number of carbonyl (C=O) groups is 1. The zero-order chi connectivity index (χ0) is 21.3. The predicted molar refractivity (Wildman–Crippen MR) is 112 cm³/mol. The molecule has 0 fully saturated rings. The first-order valence-corrected chi connectivity index (χ1v) is 9.93. The Hall–Kier alpha value is -3.16. The summed E-state index contributed by atoms with van der Waals surface area (Å²) in [5.41, 5.74) is 6.41. The quantitative estimate of drug-likeness (QED) is 0.503. The first kappa shape index (κ1) is 20.1. The summed E-state index contributed by atoms with van der Waals surface area (Å²) in [6.07, 6.45) is -2.97. The average molecular weight is 407 g/mol. The predicted octanol–water partition coefficient (Wildman–Crippen LogP) is 2.96. The van der Waals surface area contributed by atoms with Gasteiger partial charge in [0.05, 0.1) is 5.69 Å². The second kappa shape index (κ2) is 8.30. The number of carbonyl (C=O) groups excluding carboxylic acids is 1. The minimum Gasteiger partial charge on any atom is -0.449 e. The molecule has 0 saturated heterocycles. The van der Waals surface area contributed by atoms with Gasteiger partial charge in [0.2, 0.25) is 0 Å². The van der Waals surface area contributed by atoms with Gasteiger partial charge in [-0.2, -0.15) is 5.10 Å². The SMILES string of the molecule is Cc1n[nH]c(C)c1C(O)C(O)CNC(=O)OCC1c2ccccc2-c2ccccc21. The van der Waals surface area contributed by atoms with Crippen molar-refractivity contribution < 1.29 is 19.7 Å². The number of aliphatic hydroxyl groups is 2. The lowest BCUT2D eigenvalue weighted by Gasteiger charge is -2.19. The fourth-order valence-corrected chi connectivity index (χ4v) is 4.14. The van der Waals surface area contributed by atoms with E-state index in [-0.39, 0.29) is 19.1 Å². The first-order valence-electron chi connectivity index (χ1n) is 9.93.